The first kappa shape index (κ1) is 24.7. The fourth-order valence-electron chi connectivity index (χ4n) is 5.18. The predicted octanol–water partition coefficient (Wildman–Crippen LogP) is 6.56. The van der Waals surface area contributed by atoms with Gasteiger partial charge in [-0.1, -0.05) is 41.9 Å². The fourth-order valence-corrected chi connectivity index (χ4v) is 6.05. The molecule has 180 valence electrons. The van der Waals surface area contributed by atoms with Crippen LogP contribution in [0.15, 0.2) is 71.0 Å². The molecule has 5 nitrogen and oxygen atoms in total. The summed E-state index contributed by atoms with van der Waals surface area (Å²) in [6.07, 6.45) is 8.85. The van der Waals surface area contributed by atoms with Crippen LogP contribution in [-0.4, -0.2) is 40.7 Å². The highest BCUT2D eigenvalue weighted by atomic mass is 35.5. The summed E-state index contributed by atoms with van der Waals surface area (Å²) in [5.74, 6) is -0.237. The van der Waals surface area contributed by atoms with Crippen molar-refractivity contribution in [3.8, 4) is 0 Å². The topological polar surface area (TPSA) is 77.6 Å². The Morgan fingerprint density at radius 1 is 1.09 bits per heavy atom. The molecule has 1 aliphatic carbocycles. The van der Waals surface area contributed by atoms with Crippen LogP contribution in [0.25, 0.3) is 10.8 Å². The Morgan fingerprint density at radius 2 is 1.85 bits per heavy atom. The summed E-state index contributed by atoms with van der Waals surface area (Å²) in [6, 6.07) is 12.6. The molecule has 0 fully saturated rings. The number of hydrogen-bond acceptors (Lipinski definition) is 3. The molecule has 0 aromatic heterocycles. The Labute approximate surface area is 206 Å². The third-order valence-corrected chi connectivity index (χ3v) is 8.13. The Hall–Kier alpha value is -2.41. The van der Waals surface area contributed by atoms with E-state index in [4.69, 9.17) is 16.2 Å². The lowest BCUT2D eigenvalue weighted by molar-refractivity contribution is -0.438. The maximum Gasteiger partial charge on any atom is 0.264 e. The number of aliphatic hydroxyl groups is 1. The molecule has 1 heterocycles. The quantitative estimate of drug-likeness (QED) is 0.195. The van der Waals surface area contributed by atoms with E-state index in [0.717, 1.165) is 48.1 Å². The van der Waals surface area contributed by atoms with Gasteiger partial charge in [0.15, 0.2) is 5.71 Å². The zero-order valence-electron chi connectivity index (χ0n) is 19.6. The second kappa shape index (κ2) is 9.68. The Bertz CT molecular complexity index is 1350. The van der Waals surface area contributed by atoms with E-state index < -0.39 is 10.1 Å². The van der Waals surface area contributed by atoms with E-state index in [1.54, 1.807) is 0 Å². The molecule has 1 aliphatic heterocycles. The van der Waals surface area contributed by atoms with Crippen molar-refractivity contribution in [1.82, 2.24) is 0 Å². The second-order valence-electron chi connectivity index (χ2n) is 9.52. The molecule has 2 aliphatic rings. The van der Waals surface area contributed by atoms with E-state index in [1.165, 1.54) is 16.3 Å². The third kappa shape index (κ3) is 4.85. The number of aliphatic hydroxyl groups excluding tert-OH is 1. The normalized spacial score (nSPS) is 19.6. The third-order valence-electron chi connectivity index (χ3n) is 6.84. The van der Waals surface area contributed by atoms with Gasteiger partial charge in [-0.25, -0.2) is 0 Å². The second-order valence-corrected chi connectivity index (χ2v) is 11.5. The van der Waals surface area contributed by atoms with E-state index in [9.17, 15) is 13.5 Å². The van der Waals surface area contributed by atoms with Crippen LogP contribution in [0.3, 0.4) is 0 Å². The van der Waals surface area contributed by atoms with Crippen LogP contribution in [0.2, 0.25) is 0 Å². The molecule has 0 spiro atoms. The van der Waals surface area contributed by atoms with Crippen molar-refractivity contribution in [2.75, 3.05) is 12.3 Å². The molecule has 0 unspecified atom stereocenters. The predicted molar refractivity (Wildman–Crippen MR) is 139 cm³/mol. The number of fused-ring (bicyclic) bond motifs is 3. The number of unbranched alkanes of at least 4 members (excludes halogenated alkanes) is 1. The van der Waals surface area contributed by atoms with Crippen LogP contribution >= 0.6 is 11.6 Å². The highest BCUT2D eigenvalue weighted by Crippen LogP contribution is 2.44. The van der Waals surface area contributed by atoms with Crippen LogP contribution in [0.4, 0.5) is 5.69 Å². The van der Waals surface area contributed by atoms with Gasteiger partial charge in [-0.05, 0) is 61.9 Å². The monoisotopic (exact) mass is 500 g/mol. The zero-order chi connectivity index (χ0) is 24.5. The van der Waals surface area contributed by atoms with Crippen molar-refractivity contribution in [2.45, 2.75) is 51.4 Å². The first-order chi connectivity index (χ1) is 16.1. The van der Waals surface area contributed by atoms with Crippen molar-refractivity contribution >= 4 is 43.9 Å². The largest absolute Gasteiger partial charge is 0.515 e. The minimum atomic E-state index is -3.97. The van der Waals surface area contributed by atoms with Crippen LogP contribution < -0.4 is 0 Å². The average Bonchev–Trinajstić information content (AvgIpc) is 3.01. The van der Waals surface area contributed by atoms with E-state index in [2.05, 4.69) is 60.9 Å². The lowest BCUT2D eigenvalue weighted by Gasteiger charge is -2.18. The molecule has 0 radical (unpaired) electrons. The summed E-state index contributed by atoms with van der Waals surface area (Å²) in [5, 5.41) is 12.5. The minimum Gasteiger partial charge on any atom is -0.515 e. The van der Waals surface area contributed by atoms with E-state index in [-0.39, 0.29) is 11.2 Å². The molecule has 34 heavy (non-hydrogen) atoms. The van der Waals surface area contributed by atoms with Gasteiger partial charge in [0, 0.05) is 29.7 Å². The van der Waals surface area contributed by atoms with Gasteiger partial charge in [-0.15, -0.1) is 0 Å². The van der Waals surface area contributed by atoms with Gasteiger partial charge < -0.3 is 5.11 Å². The molecule has 4 rings (SSSR count). The van der Waals surface area contributed by atoms with Crippen molar-refractivity contribution in [3.63, 3.8) is 0 Å². The Balaban J connectivity index is 1.78. The van der Waals surface area contributed by atoms with Gasteiger partial charge in [0.05, 0.1) is 22.5 Å². The summed E-state index contributed by atoms with van der Waals surface area (Å²) in [7, 11) is -3.97. The number of benzene rings is 2. The van der Waals surface area contributed by atoms with E-state index in [1.807, 2.05) is 6.07 Å². The lowest BCUT2D eigenvalue weighted by Crippen LogP contribution is -2.28. The number of halogens is 1. The molecule has 2 aromatic rings. The van der Waals surface area contributed by atoms with Crippen molar-refractivity contribution in [3.05, 3.63) is 76.6 Å². The van der Waals surface area contributed by atoms with Crippen molar-refractivity contribution < 1.29 is 22.7 Å². The lowest BCUT2D eigenvalue weighted by atomic mass is 9.79. The van der Waals surface area contributed by atoms with E-state index in [0.29, 0.717) is 24.4 Å². The van der Waals surface area contributed by atoms with E-state index >= 15 is 0 Å². The van der Waals surface area contributed by atoms with Gasteiger partial charge in [0.2, 0.25) is 5.69 Å². The fraction of sp³-hybridized carbons (Fsp3) is 0.370. The summed E-state index contributed by atoms with van der Waals surface area (Å²) in [4.78, 5) is 0. The summed E-state index contributed by atoms with van der Waals surface area (Å²) in [5.41, 5.74) is 4.97. The van der Waals surface area contributed by atoms with Crippen LogP contribution in [-0.2, 0) is 15.5 Å². The molecule has 0 saturated carbocycles. The molecule has 0 bridgehead atoms. The Kier molecular flexibility index (Phi) is 7.04. The molecule has 7 heteroatoms. The average molecular weight is 501 g/mol. The van der Waals surface area contributed by atoms with Gasteiger partial charge in [-0.2, -0.15) is 13.0 Å². The standard InChI is InChI=1S/C27H30ClNO4S/c1-27(2)24(15-13-20-9-7-10-21(18-30)26(20)28)29(16-5-6-17-34(31,32)33)23-14-12-19-8-3-4-11-22(19)25(23)27/h3-4,8,11-15,18H,5-7,9-10,16-17H2,1-2H3,(H,31,32,33)/p+1. The number of allylic oxidation sites excluding steroid dienone is 5. The minimum absolute atomic E-state index is 0.237. The maximum absolute atomic E-state index is 11.2. The SMILES string of the molecule is CC1(C)C(/C=C/C2=C(Cl)C(=C/O)/CCC2)=[N+](CCCCS(=O)(=O)O)c2ccc3ccccc3c21. The molecule has 0 saturated heterocycles. The summed E-state index contributed by atoms with van der Waals surface area (Å²) >= 11 is 6.55. The molecular weight excluding hydrogens is 470 g/mol. The smallest absolute Gasteiger partial charge is 0.264 e. The van der Waals surface area contributed by atoms with Gasteiger partial charge in [0.1, 0.15) is 6.54 Å². The molecule has 0 amide bonds. The highest BCUT2D eigenvalue weighted by molar-refractivity contribution is 7.85. The number of hydrogen-bond donors (Lipinski definition) is 2. The maximum atomic E-state index is 11.2. The molecule has 2 aromatic carbocycles. The van der Waals surface area contributed by atoms with Crippen LogP contribution in [0, 0.1) is 0 Å². The zero-order valence-corrected chi connectivity index (χ0v) is 21.2. The Morgan fingerprint density at radius 3 is 2.59 bits per heavy atom. The summed E-state index contributed by atoms with van der Waals surface area (Å²) in [6.45, 7) is 5.07. The first-order valence-electron chi connectivity index (χ1n) is 11.7. The van der Waals surface area contributed by atoms with Crippen LogP contribution in [0.1, 0.15) is 51.5 Å². The number of rotatable bonds is 7. The highest BCUT2D eigenvalue weighted by Gasteiger charge is 2.45. The van der Waals surface area contributed by atoms with Crippen molar-refractivity contribution in [1.29, 1.82) is 0 Å². The van der Waals surface area contributed by atoms with Crippen LogP contribution in [0.5, 0.6) is 0 Å². The molecule has 2 N–H and O–H groups in total. The van der Waals surface area contributed by atoms with Gasteiger partial charge >= 0.3 is 0 Å². The van der Waals surface area contributed by atoms with Gasteiger partial charge in [-0.3, -0.25) is 4.55 Å². The molecular formula is C27H31ClNO4S+. The van der Waals surface area contributed by atoms with Gasteiger partial charge in [0.25, 0.3) is 10.1 Å². The first-order valence-corrected chi connectivity index (χ1v) is 13.6. The van der Waals surface area contributed by atoms with Crippen molar-refractivity contribution in [2.24, 2.45) is 0 Å². The number of nitrogens with zero attached hydrogens (tertiary/aromatic N) is 1. The summed E-state index contributed by atoms with van der Waals surface area (Å²) < 4.78 is 33.8. The molecule has 0 atom stereocenters.